The standard InChI is InChI=1S/C16H27N/c1-5-8-10-16(9-6-2)15(7-3)12-11-14(4)13-17/h11-12,15-16H,4-10H2,1-3H3. The summed E-state index contributed by atoms with van der Waals surface area (Å²) in [6.45, 7) is 10.4. The lowest BCUT2D eigenvalue weighted by atomic mass is 9.82. The predicted octanol–water partition coefficient (Wildman–Crippen LogP) is 5.26. The summed E-state index contributed by atoms with van der Waals surface area (Å²) in [6, 6.07) is 2.08. The van der Waals surface area contributed by atoms with E-state index in [-0.39, 0.29) is 0 Å². The van der Waals surface area contributed by atoms with E-state index < -0.39 is 0 Å². The van der Waals surface area contributed by atoms with Gasteiger partial charge in [-0.2, -0.15) is 5.26 Å². The molecule has 0 amide bonds. The third-order valence-corrected chi connectivity index (χ3v) is 3.35. The first-order chi connectivity index (χ1) is 8.19. The van der Waals surface area contributed by atoms with Crippen molar-refractivity contribution in [2.24, 2.45) is 11.8 Å². The minimum absolute atomic E-state index is 0.564. The monoisotopic (exact) mass is 233 g/mol. The Morgan fingerprint density at radius 2 is 1.94 bits per heavy atom. The maximum Gasteiger partial charge on any atom is 0.0985 e. The highest BCUT2D eigenvalue weighted by Gasteiger charge is 2.16. The number of unbranched alkanes of at least 4 members (excludes halogenated alkanes) is 1. The van der Waals surface area contributed by atoms with E-state index in [2.05, 4.69) is 39.5 Å². The highest BCUT2D eigenvalue weighted by molar-refractivity contribution is 5.29. The van der Waals surface area contributed by atoms with Gasteiger partial charge in [0.15, 0.2) is 0 Å². The molecule has 2 atom stereocenters. The Morgan fingerprint density at radius 1 is 1.24 bits per heavy atom. The molecular formula is C16H27N. The lowest BCUT2D eigenvalue weighted by Gasteiger charge is -2.23. The van der Waals surface area contributed by atoms with Crippen molar-refractivity contribution in [2.75, 3.05) is 0 Å². The fraction of sp³-hybridized carbons (Fsp3) is 0.688. The Morgan fingerprint density at radius 3 is 2.41 bits per heavy atom. The molecule has 0 spiro atoms. The second-order valence-corrected chi connectivity index (χ2v) is 4.76. The second-order valence-electron chi connectivity index (χ2n) is 4.76. The first-order valence-corrected chi connectivity index (χ1v) is 6.96. The lowest BCUT2D eigenvalue weighted by Crippen LogP contribution is -2.12. The first-order valence-electron chi connectivity index (χ1n) is 6.96. The molecule has 0 aliphatic carbocycles. The molecule has 0 fully saturated rings. The van der Waals surface area contributed by atoms with Crippen molar-refractivity contribution in [3.63, 3.8) is 0 Å². The fourth-order valence-corrected chi connectivity index (χ4v) is 2.31. The zero-order valence-electron chi connectivity index (χ0n) is 11.7. The average molecular weight is 233 g/mol. The maximum atomic E-state index is 8.70. The van der Waals surface area contributed by atoms with E-state index in [0.717, 1.165) is 12.3 Å². The molecule has 0 aromatic rings. The Balaban J connectivity index is 4.49. The van der Waals surface area contributed by atoms with Gasteiger partial charge in [-0.05, 0) is 30.8 Å². The zero-order valence-corrected chi connectivity index (χ0v) is 11.7. The molecule has 0 aliphatic heterocycles. The smallest absolute Gasteiger partial charge is 0.0985 e. The molecule has 0 aliphatic rings. The Bertz CT molecular complexity index is 270. The number of nitrogens with zero attached hydrogens (tertiary/aromatic N) is 1. The molecule has 0 heterocycles. The van der Waals surface area contributed by atoms with E-state index in [1.807, 2.05) is 6.08 Å². The number of hydrogen-bond acceptors (Lipinski definition) is 1. The number of rotatable bonds is 9. The van der Waals surface area contributed by atoms with Gasteiger partial charge in [-0.3, -0.25) is 0 Å². The van der Waals surface area contributed by atoms with E-state index in [0.29, 0.717) is 11.5 Å². The van der Waals surface area contributed by atoms with Crippen LogP contribution in [0.1, 0.15) is 59.3 Å². The van der Waals surface area contributed by atoms with Crippen LogP contribution in [0.5, 0.6) is 0 Å². The molecule has 0 saturated heterocycles. The van der Waals surface area contributed by atoms with Crippen LogP contribution in [0.2, 0.25) is 0 Å². The summed E-state index contributed by atoms with van der Waals surface area (Å²) in [5.74, 6) is 1.37. The quantitative estimate of drug-likeness (QED) is 0.394. The summed E-state index contributed by atoms with van der Waals surface area (Å²) < 4.78 is 0. The number of nitriles is 1. The van der Waals surface area contributed by atoms with Gasteiger partial charge in [-0.1, -0.05) is 59.1 Å². The third kappa shape index (κ3) is 7.00. The molecule has 0 aromatic carbocycles. The van der Waals surface area contributed by atoms with Crippen molar-refractivity contribution >= 4 is 0 Å². The van der Waals surface area contributed by atoms with Crippen LogP contribution in [-0.4, -0.2) is 0 Å². The van der Waals surface area contributed by atoms with Gasteiger partial charge in [-0.25, -0.2) is 0 Å². The van der Waals surface area contributed by atoms with Crippen LogP contribution in [0.3, 0.4) is 0 Å². The molecule has 17 heavy (non-hydrogen) atoms. The van der Waals surface area contributed by atoms with Crippen LogP contribution in [-0.2, 0) is 0 Å². The van der Waals surface area contributed by atoms with E-state index in [1.54, 1.807) is 0 Å². The van der Waals surface area contributed by atoms with Gasteiger partial charge in [-0.15, -0.1) is 0 Å². The van der Waals surface area contributed by atoms with Crippen molar-refractivity contribution in [3.05, 3.63) is 24.3 Å². The second kappa shape index (κ2) is 10.1. The number of allylic oxidation sites excluding steroid dienone is 3. The van der Waals surface area contributed by atoms with Crippen molar-refractivity contribution in [1.82, 2.24) is 0 Å². The molecule has 1 nitrogen and oxygen atoms in total. The molecule has 0 rings (SSSR count). The summed E-state index contributed by atoms with van der Waals surface area (Å²) in [4.78, 5) is 0. The van der Waals surface area contributed by atoms with Gasteiger partial charge in [0.2, 0.25) is 0 Å². The molecule has 0 aromatic heterocycles. The van der Waals surface area contributed by atoms with Gasteiger partial charge in [0.05, 0.1) is 6.07 Å². The summed E-state index contributed by atoms with van der Waals surface area (Å²) >= 11 is 0. The predicted molar refractivity (Wildman–Crippen MR) is 75.6 cm³/mol. The molecule has 0 radical (unpaired) electrons. The Hall–Kier alpha value is -1.03. The van der Waals surface area contributed by atoms with Crippen molar-refractivity contribution in [2.45, 2.75) is 59.3 Å². The topological polar surface area (TPSA) is 23.8 Å². The van der Waals surface area contributed by atoms with Gasteiger partial charge in [0.1, 0.15) is 0 Å². The van der Waals surface area contributed by atoms with Gasteiger partial charge >= 0.3 is 0 Å². The summed E-state index contributed by atoms with van der Waals surface area (Å²) in [5, 5.41) is 8.70. The van der Waals surface area contributed by atoms with E-state index >= 15 is 0 Å². The third-order valence-electron chi connectivity index (χ3n) is 3.35. The maximum absolute atomic E-state index is 8.70. The molecule has 1 heteroatoms. The molecule has 0 saturated carbocycles. The molecule has 0 bridgehead atoms. The van der Waals surface area contributed by atoms with Gasteiger partial charge < -0.3 is 0 Å². The summed E-state index contributed by atoms with van der Waals surface area (Å²) in [6.07, 6.45) is 11.7. The number of hydrogen-bond donors (Lipinski definition) is 0. The SMILES string of the molecule is C=C(C#N)C=CC(CC)C(CCC)CCCC. The highest BCUT2D eigenvalue weighted by atomic mass is 14.2. The Kier molecular flexibility index (Phi) is 9.53. The van der Waals surface area contributed by atoms with Crippen LogP contribution in [0.4, 0.5) is 0 Å². The summed E-state index contributed by atoms with van der Waals surface area (Å²) in [7, 11) is 0. The van der Waals surface area contributed by atoms with Crippen molar-refractivity contribution < 1.29 is 0 Å². The average Bonchev–Trinajstić information content (AvgIpc) is 2.35. The highest BCUT2D eigenvalue weighted by Crippen LogP contribution is 2.27. The van der Waals surface area contributed by atoms with Crippen molar-refractivity contribution in [3.8, 4) is 6.07 Å². The van der Waals surface area contributed by atoms with Crippen LogP contribution < -0.4 is 0 Å². The van der Waals surface area contributed by atoms with E-state index in [1.165, 1.54) is 32.1 Å². The van der Waals surface area contributed by atoms with Gasteiger partial charge in [0.25, 0.3) is 0 Å². The molecule has 96 valence electrons. The lowest BCUT2D eigenvalue weighted by molar-refractivity contribution is 0.326. The minimum Gasteiger partial charge on any atom is -0.192 e. The fourth-order valence-electron chi connectivity index (χ4n) is 2.31. The molecule has 2 unspecified atom stereocenters. The largest absolute Gasteiger partial charge is 0.192 e. The van der Waals surface area contributed by atoms with Crippen LogP contribution in [0, 0.1) is 23.2 Å². The van der Waals surface area contributed by atoms with Crippen LogP contribution in [0.25, 0.3) is 0 Å². The first kappa shape index (κ1) is 16.0. The van der Waals surface area contributed by atoms with Gasteiger partial charge in [0, 0.05) is 5.57 Å². The Labute approximate surface area is 107 Å². The summed E-state index contributed by atoms with van der Waals surface area (Å²) in [5.41, 5.74) is 0.564. The van der Waals surface area contributed by atoms with Crippen LogP contribution >= 0.6 is 0 Å². The molecule has 0 N–H and O–H groups in total. The van der Waals surface area contributed by atoms with Crippen LogP contribution in [0.15, 0.2) is 24.3 Å². The van der Waals surface area contributed by atoms with E-state index in [4.69, 9.17) is 5.26 Å². The molecular weight excluding hydrogens is 206 g/mol. The normalized spacial score (nSPS) is 14.5. The minimum atomic E-state index is 0.564. The van der Waals surface area contributed by atoms with Crippen molar-refractivity contribution in [1.29, 1.82) is 5.26 Å². The zero-order chi connectivity index (χ0) is 13.1. The van der Waals surface area contributed by atoms with E-state index in [9.17, 15) is 0 Å².